The Morgan fingerprint density at radius 2 is 1.91 bits per heavy atom. The molecule has 0 saturated heterocycles. The molecule has 0 aliphatic carbocycles. The third-order valence-corrected chi connectivity index (χ3v) is 4.48. The summed E-state index contributed by atoms with van der Waals surface area (Å²) >= 11 is 0. The van der Waals surface area contributed by atoms with Crippen LogP contribution in [0, 0.1) is 22.5 Å². The van der Waals surface area contributed by atoms with Gasteiger partial charge in [-0.3, -0.25) is 10.1 Å². The summed E-state index contributed by atoms with van der Waals surface area (Å²) in [5, 5.41) is 40.7. The molecule has 1 aromatic carbocycles. The van der Waals surface area contributed by atoms with Gasteiger partial charge in [-0.15, -0.1) is 0 Å². The van der Waals surface area contributed by atoms with Crippen molar-refractivity contribution < 1.29 is 28.7 Å². The molecule has 9 nitrogen and oxygen atoms in total. The number of aliphatic hydroxyl groups excluding tert-OH is 2. The van der Waals surface area contributed by atoms with Gasteiger partial charge in [-0.1, -0.05) is 13.0 Å². The summed E-state index contributed by atoms with van der Waals surface area (Å²) < 4.78 is 27.3. The van der Waals surface area contributed by atoms with Crippen LogP contribution in [0.3, 0.4) is 0 Å². The normalized spacial score (nSPS) is 13.2. The Hall–Kier alpha value is -2.04. The maximum absolute atomic E-state index is 12.1. The molecule has 22 heavy (non-hydrogen) atoms. The number of aliphatic hydroxyl groups is 2. The average Bonchev–Trinajstić information content (AvgIpc) is 2.45. The first-order valence-electron chi connectivity index (χ1n) is 6.06. The number of benzene rings is 1. The van der Waals surface area contributed by atoms with Crippen molar-refractivity contribution in [2.45, 2.75) is 18.7 Å². The fourth-order valence-electron chi connectivity index (χ4n) is 1.43. The van der Waals surface area contributed by atoms with Gasteiger partial charge in [0.25, 0.3) is 15.7 Å². The van der Waals surface area contributed by atoms with Gasteiger partial charge in [-0.2, -0.15) is 12.8 Å². The first kappa shape index (κ1) is 18.0. The molecule has 0 unspecified atom stereocenters. The fourth-order valence-corrected chi connectivity index (χ4v) is 2.72. The summed E-state index contributed by atoms with van der Waals surface area (Å²) in [6.07, 6.45) is 0. The van der Waals surface area contributed by atoms with Crippen LogP contribution in [0.2, 0.25) is 0 Å². The van der Waals surface area contributed by atoms with Crippen molar-refractivity contribution in [1.29, 1.82) is 0 Å². The monoisotopic (exact) mass is 331 g/mol. The molecule has 0 saturated carbocycles. The van der Waals surface area contributed by atoms with Crippen molar-refractivity contribution in [3.8, 4) is 0 Å². The van der Waals surface area contributed by atoms with Crippen LogP contribution in [0.25, 0.3) is 0 Å². The Morgan fingerprint density at radius 3 is 2.36 bits per heavy atom. The van der Waals surface area contributed by atoms with E-state index in [0.29, 0.717) is 0 Å². The average molecular weight is 331 g/mol. The van der Waals surface area contributed by atoms with Crippen molar-refractivity contribution in [2.24, 2.45) is 9.81 Å². The molecule has 0 bridgehead atoms. The van der Waals surface area contributed by atoms with Crippen LogP contribution in [0.5, 0.6) is 0 Å². The number of non-ortho nitro benzene ring substituents is 1. The Kier molecular flexibility index (Phi) is 5.22. The summed E-state index contributed by atoms with van der Waals surface area (Å²) in [5.74, 6) is -1.23. The Labute approximate surface area is 126 Å². The molecule has 0 spiro atoms. The molecule has 1 aromatic rings. The van der Waals surface area contributed by atoms with Gasteiger partial charge < -0.3 is 15.3 Å². The highest BCUT2D eigenvalue weighted by Crippen LogP contribution is 2.24. The summed E-state index contributed by atoms with van der Waals surface area (Å²) in [5.41, 5.74) is -2.03. The van der Waals surface area contributed by atoms with Crippen LogP contribution in [0.15, 0.2) is 27.5 Å². The van der Waals surface area contributed by atoms with Crippen LogP contribution in [-0.4, -0.2) is 42.7 Å². The molecule has 0 amide bonds. The number of hydrogen-bond acceptors (Lipinski definition) is 7. The molecule has 122 valence electrons. The van der Waals surface area contributed by atoms with Gasteiger partial charge >= 0.3 is 0 Å². The van der Waals surface area contributed by atoms with E-state index in [4.69, 9.17) is 10.2 Å². The predicted molar refractivity (Wildman–Crippen MR) is 74.7 cm³/mol. The maximum atomic E-state index is 12.1. The van der Waals surface area contributed by atoms with Gasteiger partial charge in [0.05, 0.1) is 23.0 Å². The van der Waals surface area contributed by atoms with Gasteiger partial charge in [-0.05, 0) is 18.4 Å². The van der Waals surface area contributed by atoms with Crippen LogP contribution in [-0.2, 0) is 10.0 Å². The van der Waals surface area contributed by atoms with Crippen molar-refractivity contribution >= 4 is 21.6 Å². The minimum absolute atomic E-state index is 0.178. The second-order valence-corrected chi connectivity index (χ2v) is 6.53. The number of nitrogens with zero attached hydrogens (tertiary/aromatic N) is 2. The third kappa shape index (κ3) is 3.59. The molecule has 10 heteroatoms. The first-order chi connectivity index (χ1) is 10.1. The van der Waals surface area contributed by atoms with E-state index in [0.717, 1.165) is 19.1 Å². The zero-order chi connectivity index (χ0) is 17.1. The lowest BCUT2D eigenvalue weighted by Gasteiger charge is -2.30. The van der Waals surface area contributed by atoms with E-state index in [1.54, 1.807) is 0 Å². The van der Waals surface area contributed by atoms with E-state index in [1.165, 1.54) is 13.0 Å². The van der Waals surface area contributed by atoms with E-state index in [9.17, 15) is 23.6 Å². The topological polar surface area (TPSA) is 153 Å². The smallest absolute Gasteiger partial charge is 0.281 e. The second-order valence-electron chi connectivity index (χ2n) is 4.96. The van der Waals surface area contributed by atoms with Crippen molar-refractivity contribution in [2.75, 3.05) is 13.2 Å². The predicted octanol–water partition coefficient (Wildman–Crippen LogP) is -0.658. The molecule has 0 aliphatic heterocycles. The molecule has 0 heterocycles. The van der Waals surface area contributed by atoms with Gasteiger partial charge in [0.1, 0.15) is 0 Å². The first-order valence-corrected chi connectivity index (χ1v) is 7.50. The molecular formula is C12H15N2O7S-. The van der Waals surface area contributed by atoms with Crippen LogP contribution < -0.4 is 5.11 Å². The highest BCUT2D eigenvalue weighted by atomic mass is 32.2. The fraction of sp³-hybridized carbons (Fsp3) is 0.417. The molecule has 0 aliphatic rings. The highest BCUT2D eigenvalue weighted by molar-refractivity contribution is 7.90. The summed E-state index contributed by atoms with van der Waals surface area (Å²) in [6, 6.07) is 3.15. The Balaban J connectivity index is 3.43. The minimum atomic E-state index is -4.50. The molecular weight excluding hydrogens is 316 g/mol. The zero-order valence-electron chi connectivity index (χ0n) is 11.9. The molecule has 2 N–H and O–H groups in total. The van der Waals surface area contributed by atoms with E-state index in [-0.39, 0.29) is 5.56 Å². The molecule has 1 rings (SSSR count). The standard InChI is InChI=1S/C12H16N2O7S/c1-8-3-4-9(14(18)19)5-10(8)22(20,21)13-11(17)12(2,6-15)7-16/h3-5,15-16H,6-7H2,1-2H3,(H,13,17)/p-1. The number of nitro benzene ring substituents is 1. The molecule has 0 aromatic heterocycles. The summed E-state index contributed by atoms with van der Waals surface area (Å²) in [7, 11) is -4.50. The number of rotatable bonds is 6. The number of aryl methyl sites for hydroxylation is 1. The summed E-state index contributed by atoms with van der Waals surface area (Å²) in [4.78, 5) is 9.46. The van der Waals surface area contributed by atoms with E-state index in [1.807, 2.05) is 0 Å². The summed E-state index contributed by atoms with van der Waals surface area (Å²) in [6.45, 7) is 0.951. The van der Waals surface area contributed by atoms with Crippen LogP contribution >= 0.6 is 0 Å². The maximum Gasteiger partial charge on any atom is 0.281 e. The Bertz CT molecular complexity index is 708. The second kappa shape index (κ2) is 6.38. The molecule has 0 atom stereocenters. The van der Waals surface area contributed by atoms with Crippen molar-refractivity contribution in [3.63, 3.8) is 0 Å². The van der Waals surface area contributed by atoms with E-state index in [2.05, 4.69) is 4.40 Å². The number of sulfonamides is 1. The SMILES string of the molecule is Cc1ccc([N+](=O)[O-])cc1S(=O)(=O)/N=C(\[O-])C(C)(CO)CO. The lowest BCUT2D eigenvalue weighted by molar-refractivity contribution is -0.385. The van der Waals surface area contributed by atoms with Gasteiger partial charge in [0, 0.05) is 17.5 Å². The van der Waals surface area contributed by atoms with Crippen LogP contribution in [0.4, 0.5) is 5.69 Å². The lowest BCUT2D eigenvalue weighted by atomic mass is 9.93. The lowest BCUT2D eigenvalue weighted by Crippen LogP contribution is -2.43. The van der Waals surface area contributed by atoms with Gasteiger partial charge in [0.15, 0.2) is 0 Å². The van der Waals surface area contributed by atoms with E-state index < -0.39 is 50.1 Å². The number of hydrogen-bond donors (Lipinski definition) is 2. The highest BCUT2D eigenvalue weighted by Gasteiger charge is 2.26. The van der Waals surface area contributed by atoms with E-state index >= 15 is 0 Å². The van der Waals surface area contributed by atoms with Crippen molar-refractivity contribution in [1.82, 2.24) is 0 Å². The third-order valence-electron chi connectivity index (χ3n) is 3.08. The van der Waals surface area contributed by atoms with Gasteiger partial charge in [-0.25, -0.2) is 0 Å². The molecule has 0 fully saturated rings. The number of nitro groups is 1. The largest absolute Gasteiger partial charge is 0.861 e. The Morgan fingerprint density at radius 1 is 1.36 bits per heavy atom. The van der Waals surface area contributed by atoms with Crippen molar-refractivity contribution in [3.05, 3.63) is 33.9 Å². The van der Waals surface area contributed by atoms with Crippen LogP contribution in [0.1, 0.15) is 12.5 Å². The zero-order valence-corrected chi connectivity index (χ0v) is 12.7. The van der Waals surface area contributed by atoms with Gasteiger partial charge in [0.2, 0.25) is 0 Å². The quantitative estimate of drug-likeness (QED) is 0.303. The minimum Gasteiger partial charge on any atom is -0.861 e. The molecule has 0 radical (unpaired) electrons.